The highest BCUT2D eigenvalue weighted by Gasteiger charge is 2.86. The van der Waals surface area contributed by atoms with Gasteiger partial charge >= 0.3 is 23.9 Å². The average molecular weight is 591 g/mol. The molecule has 1 spiro atoms. The van der Waals surface area contributed by atoms with E-state index in [1.807, 2.05) is 0 Å². The Bertz CT molecular complexity index is 1340. The molecule has 1 aliphatic heterocycles. The SMILES string of the molecule is CC(=O)OC[C@@]12[C@@H](OC(=O)c3ccco3)CC[C@@](C)(O)C13OC(C)(C)C([C@@H](OC(C)=O)[C@H]2OC(=O)c1ccco1)[C@@H]3O. The molecular weight excluding hydrogens is 556 g/mol. The topological polar surface area (TPSA) is 181 Å². The number of aliphatic hydroxyl groups is 2. The Morgan fingerprint density at radius 3 is 2.05 bits per heavy atom. The molecular formula is C29H34O13. The van der Waals surface area contributed by atoms with E-state index in [-0.39, 0.29) is 24.4 Å². The summed E-state index contributed by atoms with van der Waals surface area (Å²) in [5.41, 5.74) is -7.25. The fourth-order valence-electron chi connectivity index (χ4n) is 7.34. The van der Waals surface area contributed by atoms with Gasteiger partial charge in [-0.05, 0) is 57.9 Å². The van der Waals surface area contributed by atoms with Gasteiger partial charge in [-0.25, -0.2) is 9.59 Å². The first-order valence-corrected chi connectivity index (χ1v) is 13.6. The third-order valence-electron chi connectivity index (χ3n) is 8.85. The minimum absolute atomic E-state index is 0.0398. The van der Waals surface area contributed by atoms with E-state index >= 15 is 0 Å². The van der Waals surface area contributed by atoms with E-state index in [4.69, 9.17) is 32.5 Å². The van der Waals surface area contributed by atoms with Crippen LogP contribution in [0.4, 0.5) is 0 Å². The quantitative estimate of drug-likeness (QED) is 0.354. The van der Waals surface area contributed by atoms with Crippen molar-refractivity contribution in [1.29, 1.82) is 0 Å². The monoisotopic (exact) mass is 590 g/mol. The highest BCUT2D eigenvalue weighted by atomic mass is 16.6. The zero-order valence-corrected chi connectivity index (χ0v) is 23.9. The molecule has 0 aromatic carbocycles. The predicted molar refractivity (Wildman–Crippen MR) is 138 cm³/mol. The smallest absolute Gasteiger partial charge is 0.374 e. The number of furan rings is 2. The van der Waals surface area contributed by atoms with Crippen LogP contribution in [-0.4, -0.2) is 81.9 Å². The van der Waals surface area contributed by atoms with Gasteiger partial charge in [0.15, 0.2) is 6.10 Å². The molecule has 0 amide bonds. The van der Waals surface area contributed by atoms with Crippen molar-refractivity contribution in [3.63, 3.8) is 0 Å². The Balaban J connectivity index is 1.78. The molecule has 3 aliphatic rings. The first-order chi connectivity index (χ1) is 19.7. The lowest BCUT2D eigenvalue weighted by Crippen LogP contribution is -2.83. The van der Waals surface area contributed by atoms with Crippen molar-refractivity contribution >= 4 is 23.9 Å². The number of esters is 4. The van der Waals surface area contributed by atoms with Gasteiger partial charge in [-0.3, -0.25) is 9.59 Å². The van der Waals surface area contributed by atoms with Crippen LogP contribution < -0.4 is 0 Å². The third-order valence-corrected chi connectivity index (χ3v) is 8.85. The zero-order valence-electron chi connectivity index (χ0n) is 23.9. The molecule has 5 rings (SSSR count). The van der Waals surface area contributed by atoms with Crippen molar-refractivity contribution in [3.8, 4) is 0 Å². The summed E-state index contributed by atoms with van der Waals surface area (Å²) in [6.45, 7) is 6.33. The molecule has 2 aromatic heterocycles. The fraction of sp³-hybridized carbons (Fsp3) is 0.586. The van der Waals surface area contributed by atoms with Crippen LogP contribution in [0, 0.1) is 11.3 Å². The van der Waals surface area contributed by atoms with Crippen LogP contribution in [0.15, 0.2) is 45.6 Å². The van der Waals surface area contributed by atoms with Gasteiger partial charge in [0.05, 0.1) is 35.8 Å². The number of carbonyl (C=O) groups is 4. The number of aliphatic hydroxyl groups excluding tert-OH is 1. The highest BCUT2D eigenvalue weighted by molar-refractivity contribution is 5.87. The standard InChI is InChI=1S/C29H34O13/c1-15(30)38-14-28-19(40-24(33)17-8-6-12-36-17)10-11-27(5,35)29(28)22(32)20(26(3,4)42-29)21(39-16(2)31)23(28)41-25(34)18-9-7-13-37-18/h6-9,12-13,19-23,32,35H,10-11,14H2,1-5H3/t19-,20?,21+,22-,23+,27+,28-,29?/m0/s1. The van der Waals surface area contributed by atoms with Gasteiger partial charge in [-0.1, -0.05) is 0 Å². The van der Waals surface area contributed by atoms with E-state index in [9.17, 15) is 29.4 Å². The highest BCUT2D eigenvalue weighted by Crippen LogP contribution is 2.68. The van der Waals surface area contributed by atoms with Crippen LogP contribution in [0.2, 0.25) is 0 Å². The van der Waals surface area contributed by atoms with Crippen LogP contribution in [0.5, 0.6) is 0 Å². The van der Waals surface area contributed by atoms with Crippen LogP contribution in [-0.2, 0) is 33.3 Å². The molecule has 3 heterocycles. The van der Waals surface area contributed by atoms with Crippen molar-refractivity contribution in [1.82, 2.24) is 0 Å². The molecule has 2 N–H and O–H groups in total. The lowest BCUT2D eigenvalue weighted by Gasteiger charge is -2.65. The Morgan fingerprint density at radius 2 is 1.52 bits per heavy atom. The summed E-state index contributed by atoms with van der Waals surface area (Å²) in [5.74, 6) is -4.80. The lowest BCUT2D eigenvalue weighted by atomic mass is 9.46. The van der Waals surface area contributed by atoms with Gasteiger partial charge < -0.3 is 42.7 Å². The Labute approximate surface area is 241 Å². The first-order valence-electron chi connectivity index (χ1n) is 13.6. The lowest BCUT2D eigenvalue weighted by molar-refractivity contribution is -0.346. The second-order valence-corrected chi connectivity index (χ2v) is 11.8. The maximum atomic E-state index is 13.5. The van der Waals surface area contributed by atoms with Gasteiger partial charge in [0.25, 0.3) is 0 Å². The molecule has 2 aromatic rings. The maximum absolute atomic E-state index is 13.5. The number of fused-ring (bicyclic) bond motifs is 1. The second kappa shape index (κ2) is 10.2. The van der Waals surface area contributed by atoms with E-state index in [1.54, 1.807) is 13.8 Å². The van der Waals surface area contributed by atoms with Crippen LogP contribution in [0.1, 0.15) is 68.6 Å². The average Bonchev–Trinajstić information content (AvgIpc) is 3.64. The number of rotatable bonds is 7. The minimum Gasteiger partial charge on any atom is -0.465 e. The molecule has 13 heteroatoms. The molecule has 2 bridgehead atoms. The van der Waals surface area contributed by atoms with Gasteiger partial charge in [-0.15, -0.1) is 0 Å². The largest absolute Gasteiger partial charge is 0.465 e. The Morgan fingerprint density at radius 1 is 0.929 bits per heavy atom. The normalized spacial score (nSPS) is 36.4. The molecule has 13 nitrogen and oxygen atoms in total. The number of carbonyl (C=O) groups excluding carboxylic acids is 4. The summed E-state index contributed by atoms with van der Waals surface area (Å²) < 4.78 is 40.4. The predicted octanol–water partition coefficient (Wildman–Crippen LogP) is 2.19. The summed E-state index contributed by atoms with van der Waals surface area (Å²) in [6, 6.07) is 5.69. The molecule has 8 atom stereocenters. The van der Waals surface area contributed by atoms with Gasteiger partial charge in [0, 0.05) is 13.8 Å². The maximum Gasteiger partial charge on any atom is 0.374 e. The zero-order chi connectivity index (χ0) is 30.7. The number of hydrogen-bond acceptors (Lipinski definition) is 13. The van der Waals surface area contributed by atoms with Gasteiger partial charge in [0.2, 0.25) is 11.5 Å². The van der Waals surface area contributed by atoms with E-state index in [0.717, 1.165) is 13.8 Å². The van der Waals surface area contributed by atoms with Crippen LogP contribution in [0.25, 0.3) is 0 Å². The molecule has 3 fully saturated rings. The van der Waals surface area contributed by atoms with E-state index in [1.165, 1.54) is 43.7 Å². The minimum atomic E-state index is -2.07. The van der Waals surface area contributed by atoms with E-state index in [0.29, 0.717) is 0 Å². The van der Waals surface area contributed by atoms with Crippen molar-refractivity contribution < 1.29 is 61.9 Å². The number of ether oxygens (including phenoxy) is 5. The summed E-state index contributed by atoms with van der Waals surface area (Å²) in [5, 5.41) is 24.2. The molecule has 2 aliphatic carbocycles. The second-order valence-electron chi connectivity index (χ2n) is 11.8. The van der Waals surface area contributed by atoms with Gasteiger partial charge in [-0.2, -0.15) is 0 Å². The molecule has 2 unspecified atom stereocenters. The van der Waals surface area contributed by atoms with Crippen molar-refractivity contribution in [2.24, 2.45) is 11.3 Å². The molecule has 2 saturated carbocycles. The van der Waals surface area contributed by atoms with Crippen molar-refractivity contribution in [2.75, 3.05) is 6.61 Å². The first kappa shape index (κ1) is 29.8. The fourth-order valence-corrected chi connectivity index (χ4v) is 7.34. The van der Waals surface area contributed by atoms with E-state index < -0.39 is 83.0 Å². The van der Waals surface area contributed by atoms with Crippen molar-refractivity contribution in [3.05, 3.63) is 48.3 Å². The van der Waals surface area contributed by atoms with Crippen molar-refractivity contribution in [2.45, 2.75) is 88.7 Å². The Kier molecular flexibility index (Phi) is 7.27. The van der Waals surface area contributed by atoms with Crippen LogP contribution in [0.3, 0.4) is 0 Å². The summed E-state index contributed by atoms with van der Waals surface area (Å²) in [4.78, 5) is 51.5. The Hall–Kier alpha value is -3.68. The summed E-state index contributed by atoms with van der Waals surface area (Å²) in [7, 11) is 0. The number of hydrogen-bond donors (Lipinski definition) is 2. The summed E-state index contributed by atoms with van der Waals surface area (Å²) >= 11 is 0. The molecule has 228 valence electrons. The molecule has 1 saturated heterocycles. The molecule has 0 radical (unpaired) electrons. The van der Waals surface area contributed by atoms with Crippen LogP contribution >= 0.6 is 0 Å². The third kappa shape index (κ3) is 4.33. The van der Waals surface area contributed by atoms with E-state index in [2.05, 4.69) is 0 Å². The summed E-state index contributed by atoms with van der Waals surface area (Å²) in [6.07, 6.45) is -3.45. The molecule has 42 heavy (non-hydrogen) atoms. The van der Waals surface area contributed by atoms with Gasteiger partial charge in [0.1, 0.15) is 29.8 Å².